The van der Waals surface area contributed by atoms with Crippen molar-refractivity contribution >= 4 is 27.5 Å². The molecular weight excluding hydrogens is 530 g/mol. The van der Waals surface area contributed by atoms with Crippen molar-refractivity contribution in [2.45, 2.75) is 51.2 Å². The third kappa shape index (κ3) is 7.32. The van der Waals surface area contributed by atoms with Crippen LogP contribution in [0.25, 0.3) is 0 Å². The van der Waals surface area contributed by atoms with E-state index < -0.39 is 28.5 Å². The Morgan fingerprint density at radius 3 is 2.15 bits per heavy atom. The van der Waals surface area contributed by atoms with Gasteiger partial charge >= 0.3 is 0 Å². The van der Waals surface area contributed by atoms with Crippen molar-refractivity contribution in [1.29, 1.82) is 0 Å². The number of nitrogens with zero attached hydrogens (tertiary/aromatic N) is 2. The smallest absolute Gasteiger partial charge is 0.264 e. The number of carbonyl (C=O) groups excluding carboxylic acids is 2. The zero-order chi connectivity index (χ0) is 29.4. The molecule has 0 spiro atoms. The fourth-order valence-corrected chi connectivity index (χ4v) is 5.65. The van der Waals surface area contributed by atoms with Crippen LogP contribution >= 0.6 is 0 Å². The molecule has 10 heteroatoms. The lowest BCUT2D eigenvalue weighted by Gasteiger charge is -2.32. The van der Waals surface area contributed by atoms with Gasteiger partial charge in [0, 0.05) is 18.7 Å². The number of rotatable bonds is 12. The fraction of sp³-hybridized carbons (Fsp3) is 0.333. The summed E-state index contributed by atoms with van der Waals surface area (Å²) in [4.78, 5) is 28.4. The van der Waals surface area contributed by atoms with E-state index in [0.717, 1.165) is 15.4 Å². The van der Waals surface area contributed by atoms with E-state index in [1.54, 1.807) is 37.3 Å². The van der Waals surface area contributed by atoms with Crippen LogP contribution in [0.3, 0.4) is 0 Å². The predicted molar refractivity (Wildman–Crippen MR) is 155 cm³/mol. The molecule has 0 saturated carbocycles. The fourth-order valence-electron chi connectivity index (χ4n) is 4.22. The predicted octanol–water partition coefficient (Wildman–Crippen LogP) is 4.15. The first-order valence-electron chi connectivity index (χ1n) is 12.9. The van der Waals surface area contributed by atoms with E-state index in [0.29, 0.717) is 11.5 Å². The largest absolute Gasteiger partial charge is 0.493 e. The Morgan fingerprint density at radius 1 is 0.875 bits per heavy atom. The van der Waals surface area contributed by atoms with Gasteiger partial charge in [-0.3, -0.25) is 13.9 Å². The SMILES string of the molecule is COc1ccc(N(CC(=O)N(Cc2cccc(C)c2)[C@H](C)C(=O)NC(C)C)S(=O)(=O)c2ccccc2)cc1OC. The third-order valence-corrected chi connectivity index (χ3v) is 8.09. The molecule has 0 aliphatic carbocycles. The Hall–Kier alpha value is -4.05. The highest BCUT2D eigenvalue weighted by atomic mass is 32.2. The van der Waals surface area contributed by atoms with Gasteiger partial charge in [0.2, 0.25) is 11.8 Å². The van der Waals surface area contributed by atoms with Crippen LogP contribution in [0.2, 0.25) is 0 Å². The van der Waals surface area contributed by atoms with Crippen molar-refractivity contribution in [2.75, 3.05) is 25.1 Å². The van der Waals surface area contributed by atoms with Crippen LogP contribution in [0.15, 0.2) is 77.7 Å². The number of amides is 2. The van der Waals surface area contributed by atoms with Crippen LogP contribution in [0.1, 0.15) is 31.9 Å². The number of benzene rings is 3. The number of nitrogens with one attached hydrogen (secondary N) is 1. The van der Waals surface area contributed by atoms with Crippen LogP contribution in [-0.4, -0.2) is 58.0 Å². The lowest BCUT2D eigenvalue weighted by atomic mass is 10.1. The summed E-state index contributed by atoms with van der Waals surface area (Å²) < 4.78 is 39.5. The Balaban J connectivity index is 2.08. The van der Waals surface area contributed by atoms with Gasteiger partial charge in [-0.25, -0.2) is 8.42 Å². The molecule has 0 aromatic heterocycles. The number of aryl methyl sites for hydroxylation is 1. The molecule has 0 aliphatic heterocycles. The highest BCUT2D eigenvalue weighted by Crippen LogP contribution is 2.34. The van der Waals surface area contributed by atoms with Crippen LogP contribution in [0.5, 0.6) is 11.5 Å². The minimum absolute atomic E-state index is 0.0217. The first-order valence-corrected chi connectivity index (χ1v) is 14.4. The minimum Gasteiger partial charge on any atom is -0.493 e. The van der Waals surface area contributed by atoms with Crippen molar-refractivity contribution in [3.63, 3.8) is 0 Å². The van der Waals surface area contributed by atoms with E-state index in [4.69, 9.17) is 9.47 Å². The molecule has 3 aromatic carbocycles. The highest BCUT2D eigenvalue weighted by molar-refractivity contribution is 7.92. The topological polar surface area (TPSA) is 105 Å². The van der Waals surface area contributed by atoms with E-state index >= 15 is 0 Å². The molecule has 0 aliphatic rings. The van der Waals surface area contributed by atoms with Gasteiger partial charge < -0.3 is 19.7 Å². The molecule has 0 saturated heterocycles. The van der Waals surface area contributed by atoms with E-state index in [1.807, 2.05) is 45.0 Å². The number of ether oxygens (including phenoxy) is 2. The summed E-state index contributed by atoms with van der Waals surface area (Å²) >= 11 is 0. The quantitative estimate of drug-likeness (QED) is 0.353. The molecule has 0 bridgehead atoms. The molecular formula is C30H37N3O6S. The van der Waals surface area contributed by atoms with E-state index in [2.05, 4.69) is 5.32 Å². The molecule has 0 heterocycles. The Labute approximate surface area is 236 Å². The second kappa shape index (κ2) is 13.3. The zero-order valence-corrected chi connectivity index (χ0v) is 24.6. The van der Waals surface area contributed by atoms with Crippen molar-refractivity contribution in [1.82, 2.24) is 10.2 Å². The van der Waals surface area contributed by atoms with Gasteiger partial charge in [-0.2, -0.15) is 0 Å². The van der Waals surface area contributed by atoms with Gasteiger partial charge in [-0.15, -0.1) is 0 Å². The number of carbonyl (C=O) groups is 2. The van der Waals surface area contributed by atoms with Crippen molar-refractivity contribution < 1.29 is 27.5 Å². The van der Waals surface area contributed by atoms with Crippen LogP contribution in [-0.2, 0) is 26.2 Å². The maximum absolute atomic E-state index is 14.0. The van der Waals surface area contributed by atoms with E-state index in [9.17, 15) is 18.0 Å². The van der Waals surface area contributed by atoms with Gasteiger partial charge in [0.15, 0.2) is 11.5 Å². The molecule has 0 fully saturated rings. The summed E-state index contributed by atoms with van der Waals surface area (Å²) in [6.45, 7) is 6.83. The number of anilines is 1. The van der Waals surface area contributed by atoms with Crippen LogP contribution in [0, 0.1) is 6.92 Å². The zero-order valence-electron chi connectivity index (χ0n) is 23.7. The van der Waals surface area contributed by atoms with Crippen molar-refractivity contribution in [3.05, 3.63) is 83.9 Å². The Morgan fingerprint density at radius 2 is 1.55 bits per heavy atom. The van der Waals surface area contributed by atoms with Crippen molar-refractivity contribution in [2.24, 2.45) is 0 Å². The van der Waals surface area contributed by atoms with Gasteiger partial charge in [0.1, 0.15) is 12.6 Å². The second-order valence-corrected chi connectivity index (χ2v) is 11.6. The van der Waals surface area contributed by atoms with Crippen molar-refractivity contribution in [3.8, 4) is 11.5 Å². The summed E-state index contributed by atoms with van der Waals surface area (Å²) in [6, 6.07) is 19.1. The summed E-state index contributed by atoms with van der Waals surface area (Å²) in [6.07, 6.45) is 0. The molecule has 3 aromatic rings. The normalized spacial score (nSPS) is 12.0. The second-order valence-electron chi connectivity index (χ2n) is 9.71. The number of methoxy groups -OCH3 is 2. The third-order valence-electron chi connectivity index (χ3n) is 6.30. The summed E-state index contributed by atoms with van der Waals surface area (Å²) in [5.74, 6) is -0.154. The first-order chi connectivity index (χ1) is 19.0. The summed E-state index contributed by atoms with van der Waals surface area (Å²) in [7, 11) is -1.26. The first kappa shape index (κ1) is 30.5. The molecule has 9 nitrogen and oxygen atoms in total. The van der Waals surface area contributed by atoms with Crippen LogP contribution in [0.4, 0.5) is 5.69 Å². The molecule has 1 N–H and O–H groups in total. The average molecular weight is 568 g/mol. The molecule has 0 radical (unpaired) electrons. The van der Waals surface area contributed by atoms with Gasteiger partial charge in [0.25, 0.3) is 10.0 Å². The van der Waals surface area contributed by atoms with E-state index in [1.165, 1.54) is 37.3 Å². The lowest BCUT2D eigenvalue weighted by Crippen LogP contribution is -2.52. The number of hydrogen-bond donors (Lipinski definition) is 1. The molecule has 2 amide bonds. The molecule has 0 unspecified atom stereocenters. The van der Waals surface area contributed by atoms with Gasteiger partial charge in [-0.05, 0) is 57.5 Å². The monoisotopic (exact) mass is 567 g/mol. The standard InChI is InChI=1S/C30H37N3O6S/c1-21(2)31-30(35)23(4)32(19-24-12-10-11-22(3)17-24)29(34)20-33(40(36,37)26-13-8-7-9-14-26)25-15-16-27(38-5)28(18-25)39-6/h7-18,21,23H,19-20H2,1-6H3,(H,31,35)/t23-/m1/s1. The Bertz CT molecular complexity index is 1430. The lowest BCUT2D eigenvalue weighted by molar-refractivity contribution is -0.139. The van der Waals surface area contributed by atoms with E-state index in [-0.39, 0.29) is 29.1 Å². The van der Waals surface area contributed by atoms with Crippen LogP contribution < -0.4 is 19.1 Å². The maximum atomic E-state index is 14.0. The molecule has 40 heavy (non-hydrogen) atoms. The number of sulfonamides is 1. The molecule has 1 atom stereocenters. The number of hydrogen-bond acceptors (Lipinski definition) is 6. The Kier molecular flexibility index (Phi) is 10.2. The molecule has 3 rings (SSSR count). The summed E-state index contributed by atoms with van der Waals surface area (Å²) in [5, 5.41) is 2.85. The molecule has 214 valence electrons. The maximum Gasteiger partial charge on any atom is 0.264 e. The highest BCUT2D eigenvalue weighted by Gasteiger charge is 2.33. The minimum atomic E-state index is -4.18. The summed E-state index contributed by atoms with van der Waals surface area (Å²) in [5.41, 5.74) is 2.04. The average Bonchev–Trinajstić information content (AvgIpc) is 2.93. The van der Waals surface area contributed by atoms with Gasteiger partial charge in [0.05, 0.1) is 24.8 Å². The van der Waals surface area contributed by atoms with Gasteiger partial charge in [-0.1, -0.05) is 48.0 Å².